The number of alkyl halides is 3. The number of imide groups is 1. The van der Waals surface area contributed by atoms with Crippen molar-refractivity contribution in [2.24, 2.45) is 0 Å². The van der Waals surface area contributed by atoms with Gasteiger partial charge in [0, 0.05) is 11.9 Å². The molecule has 0 spiro atoms. The predicted molar refractivity (Wildman–Crippen MR) is 131 cm³/mol. The van der Waals surface area contributed by atoms with E-state index in [-0.39, 0.29) is 5.69 Å². The number of halogens is 3. The van der Waals surface area contributed by atoms with E-state index in [9.17, 15) is 27.6 Å². The highest BCUT2D eigenvalue weighted by Crippen LogP contribution is 2.30. The molecule has 0 saturated carbocycles. The van der Waals surface area contributed by atoms with Crippen molar-refractivity contribution in [3.05, 3.63) is 48.3 Å². The summed E-state index contributed by atoms with van der Waals surface area (Å²) in [7, 11) is 1.03. The fourth-order valence-corrected chi connectivity index (χ4v) is 3.07. The van der Waals surface area contributed by atoms with Crippen LogP contribution in [0, 0.1) is 0 Å². The zero-order valence-corrected chi connectivity index (χ0v) is 22.2. The Balaban J connectivity index is 2.67. The number of hydrogen-bond donors (Lipinski definition) is 0. The van der Waals surface area contributed by atoms with Crippen molar-refractivity contribution < 1.29 is 41.8 Å². The summed E-state index contributed by atoms with van der Waals surface area (Å²) in [5, 5.41) is 0. The van der Waals surface area contributed by atoms with Crippen molar-refractivity contribution in [2.45, 2.75) is 65.0 Å². The average Bonchev–Trinajstić information content (AvgIpc) is 2.78. The molecular formula is C25H31F3N4O6. The minimum Gasteiger partial charge on any atom is -0.467 e. The number of hydrogen-bond acceptors (Lipinski definition) is 9. The summed E-state index contributed by atoms with van der Waals surface area (Å²) in [5.41, 5.74) is -3.09. The number of anilines is 2. The van der Waals surface area contributed by atoms with E-state index in [0.29, 0.717) is 11.0 Å². The van der Waals surface area contributed by atoms with E-state index in [2.05, 4.69) is 9.97 Å². The Morgan fingerprint density at radius 2 is 1.42 bits per heavy atom. The summed E-state index contributed by atoms with van der Waals surface area (Å²) >= 11 is 0. The van der Waals surface area contributed by atoms with Crippen LogP contribution >= 0.6 is 0 Å². The van der Waals surface area contributed by atoms with Crippen molar-refractivity contribution in [1.29, 1.82) is 0 Å². The molecule has 38 heavy (non-hydrogen) atoms. The van der Waals surface area contributed by atoms with Crippen LogP contribution in [0.15, 0.2) is 42.6 Å². The Morgan fingerprint density at radius 1 is 0.895 bits per heavy atom. The Morgan fingerprint density at radius 3 is 1.87 bits per heavy atom. The Hall–Kier alpha value is -3.90. The second kappa shape index (κ2) is 11.7. The SMILES string of the molecule is COC(=O)C(CN(c1ccccc1)c1nccc(C(F)(F)F)n1)N(C(=O)OC(C)(C)C)C(=O)OC(C)(C)C. The average molecular weight is 541 g/mol. The molecular weight excluding hydrogens is 509 g/mol. The van der Waals surface area contributed by atoms with E-state index in [4.69, 9.17) is 14.2 Å². The third-order valence-electron chi connectivity index (χ3n) is 4.56. The molecule has 0 fully saturated rings. The highest BCUT2D eigenvalue weighted by Gasteiger charge is 2.43. The molecule has 2 rings (SSSR count). The van der Waals surface area contributed by atoms with Crippen LogP contribution in [0.25, 0.3) is 0 Å². The van der Waals surface area contributed by atoms with Gasteiger partial charge in [0.15, 0.2) is 6.04 Å². The molecule has 0 aliphatic carbocycles. The molecule has 0 aliphatic rings. The number of esters is 1. The fraction of sp³-hybridized carbons (Fsp3) is 0.480. The van der Waals surface area contributed by atoms with Gasteiger partial charge in [-0.1, -0.05) is 18.2 Å². The van der Waals surface area contributed by atoms with Gasteiger partial charge < -0.3 is 19.1 Å². The highest BCUT2D eigenvalue weighted by molar-refractivity contribution is 5.94. The largest absolute Gasteiger partial charge is 0.467 e. The number of rotatable bonds is 6. The molecule has 208 valence electrons. The van der Waals surface area contributed by atoms with Crippen LogP contribution in [0.2, 0.25) is 0 Å². The summed E-state index contributed by atoms with van der Waals surface area (Å²) in [6, 6.07) is 6.89. The van der Waals surface area contributed by atoms with Gasteiger partial charge in [-0.3, -0.25) is 0 Å². The monoisotopic (exact) mass is 540 g/mol. The summed E-state index contributed by atoms with van der Waals surface area (Å²) in [6.45, 7) is 8.74. The van der Waals surface area contributed by atoms with E-state index in [1.54, 1.807) is 59.7 Å². The molecule has 0 N–H and O–H groups in total. The van der Waals surface area contributed by atoms with Crippen LogP contribution in [-0.2, 0) is 25.2 Å². The molecule has 0 saturated heterocycles. The number of para-hydroxylation sites is 1. The molecule has 10 nitrogen and oxygen atoms in total. The molecule has 13 heteroatoms. The number of nitrogens with zero attached hydrogens (tertiary/aromatic N) is 4. The first kappa shape index (κ1) is 30.3. The van der Waals surface area contributed by atoms with Gasteiger partial charge in [0.2, 0.25) is 5.95 Å². The zero-order chi connectivity index (χ0) is 28.9. The Kier molecular flexibility index (Phi) is 9.30. The van der Waals surface area contributed by atoms with Crippen molar-refractivity contribution in [2.75, 3.05) is 18.6 Å². The molecule has 1 aromatic carbocycles. The van der Waals surface area contributed by atoms with Crippen LogP contribution in [0.1, 0.15) is 47.2 Å². The maximum atomic E-state index is 13.4. The minimum absolute atomic E-state index is 0.272. The maximum absolute atomic E-state index is 13.4. The quantitative estimate of drug-likeness (QED) is 0.354. The molecule has 0 radical (unpaired) electrons. The van der Waals surface area contributed by atoms with Crippen molar-refractivity contribution in [3.8, 4) is 0 Å². The number of aromatic nitrogens is 2. The molecule has 0 aliphatic heterocycles. The zero-order valence-electron chi connectivity index (χ0n) is 22.2. The normalized spacial score (nSPS) is 12.8. The summed E-state index contributed by atoms with van der Waals surface area (Å²) < 4.78 is 55.8. The van der Waals surface area contributed by atoms with Crippen molar-refractivity contribution in [3.63, 3.8) is 0 Å². The number of carbonyl (C=O) groups excluding carboxylic acids is 3. The van der Waals surface area contributed by atoms with Gasteiger partial charge in [-0.05, 0) is 59.7 Å². The lowest BCUT2D eigenvalue weighted by atomic mass is 10.2. The van der Waals surface area contributed by atoms with Crippen molar-refractivity contribution >= 4 is 29.8 Å². The number of amides is 2. The highest BCUT2D eigenvalue weighted by atomic mass is 19.4. The summed E-state index contributed by atoms with van der Waals surface area (Å²) in [4.78, 5) is 48.5. The standard InChI is InChI=1S/C25H31F3N4O6/c1-23(2,3)37-21(34)32(22(35)38-24(4,5)6)17(19(33)36-7)15-31(16-11-9-8-10-12-16)20-29-14-13-18(30-20)25(26,27)28/h8-14,17H,15H2,1-7H3. The smallest absolute Gasteiger partial charge is 0.433 e. The van der Waals surface area contributed by atoms with E-state index in [0.717, 1.165) is 18.2 Å². The topological polar surface area (TPSA) is 111 Å². The number of carbonyl (C=O) groups is 3. The van der Waals surface area contributed by atoms with Crippen LogP contribution in [0.4, 0.5) is 34.4 Å². The first-order valence-electron chi connectivity index (χ1n) is 11.5. The van der Waals surface area contributed by atoms with E-state index in [1.807, 2.05) is 0 Å². The third-order valence-corrected chi connectivity index (χ3v) is 4.56. The molecule has 1 unspecified atom stereocenters. The van der Waals surface area contributed by atoms with Crippen LogP contribution in [0.3, 0.4) is 0 Å². The molecule has 2 amide bonds. The summed E-state index contributed by atoms with van der Waals surface area (Å²) in [5.74, 6) is -1.50. The van der Waals surface area contributed by atoms with Gasteiger partial charge in [-0.25, -0.2) is 24.4 Å². The number of ether oxygens (including phenoxy) is 3. The summed E-state index contributed by atoms with van der Waals surface area (Å²) in [6.07, 6.45) is -6.31. The Bertz CT molecular complexity index is 1100. The third kappa shape index (κ3) is 8.60. The molecule has 1 aromatic heterocycles. The minimum atomic E-state index is -4.78. The maximum Gasteiger partial charge on any atom is 0.433 e. The molecule has 2 aromatic rings. The molecule has 0 bridgehead atoms. The second-order valence-electron chi connectivity index (χ2n) is 10.1. The first-order valence-corrected chi connectivity index (χ1v) is 11.5. The lowest BCUT2D eigenvalue weighted by molar-refractivity contribution is -0.146. The van der Waals surface area contributed by atoms with E-state index in [1.165, 1.54) is 12.1 Å². The van der Waals surface area contributed by atoms with Crippen LogP contribution in [-0.4, -0.2) is 63.9 Å². The number of benzene rings is 1. The van der Waals surface area contributed by atoms with Gasteiger partial charge >= 0.3 is 24.3 Å². The predicted octanol–water partition coefficient (Wildman–Crippen LogP) is 5.35. The first-order chi connectivity index (χ1) is 17.4. The molecule has 1 atom stereocenters. The van der Waals surface area contributed by atoms with Gasteiger partial charge in [0.1, 0.15) is 16.9 Å². The fourth-order valence-electron chi connectivity index (χ4n) is 3.07. The molecule has 1 heterocycles. The second-order valence-corrected chi connectivity index (χ2v) is 10.1. The van der Waals surface area contributed by atoms with Crippen LogP contribution < -0.4 is 4.90 Å². The number of methoxy groups -OCH3 is 1. The van der Waals surface area contributed by atoms with E-state index < -0.39 is 59.8 Å². The van der Waals surface area contributed by atoms with Gasteiger partial charge in [0.25, 0.3) is 0 Å². The van der Waals surface area contributed by atoms with E-state index >= 15 is 0 Å². The van der Waals surface area contributed by atoms with Crippen LogP contribution in [0.5, 0.6) is 0 Å². The Labute approximate surface area is 218 Å². The van der Waals surface area contributed by atoms with Gasteiger partial charge in [-0.2, -0.15) is 18.1 Å². The van der Waals surface area contributed by atoms with Gasteiger partial charge in [0.05, 0.1) is 13.7 Å². The van der Waals surface area contributed by atoms with Crippen molar-refractivity contribution in [1.82, 2.24) is 14.9 Å². The lowest BCUT2D eigenvalue weighted by Gasteiger charge is -2.34. The lowest BCUT2D eigenvalue weighted by Crippen LogP contribution is -2.56. The van der Waals surface area contributed by atoms with Gasteiger partial charge in [-0.15, -0.1) is 0 Å².